The van der Waals surface area contributed by atoms with Crippen molar-refractivity contribution in [3.05, 3.63) is 0 Å². The van der Waals surface area contributed by atoms with Crippen LogP contribution in [-0.4, -0.2) is 39.6 Å². The van der Waals surface area contributed by atoms with Crippen LogP contribution in [0.4, 0.5) is 0 Å². The number of aromatic nitrogens is 4. The van der Waals surface area contributed by atoms with Crippen LogP contribution < -0.4 is 5.32 Å². The maximum absolute atomic E-state index is 4.14. The molecule has 17 heavy (non-hydrogen) atoms. The van der Waals surface area contributed by atoms with E-state index in [2.05, 4.69) is 20.8 Å². The van der Waals surface area contributed by atoms with Crippen molar-refractivity contribution in [2.75, 3.05) is 19.3 Å². The molecule has 96 valence electrons. The Balaban J connectivity index is 1.78. The number of nitrogens with zero attached hydrogens (tertiary/aromatic N) is 4. The highest BCUT2D eigenvalue weighted by Crippen LogP contribution is 2.31. The molecule has 0 saturated heterocycles. The van der Waals surface area contributed by atoms with Crippen molar-refractivity contribution < 1.29 is 0 Å². The van der Waals surface area contributed by atoms with Gasteiger partial charge in [0.05, 0.1) is 6.04 Å². The van der Waals surface area contributed by atoms with Crippen molar-refractivity contribution in [1.82, 2.24) is 25.5 Å². The number of unbranched alkanes of at least 4 members (excludes halogenated alkanes) is 1. The van der Waals surface area contributed by atoms with Crippen LogP contribution in [0.1, 0.15) is 44.6 Å². The quantitative estimate of drug-likeness (QED) is 0.595. The Labute approximate surface area is 107 Å². The van der Waals surface area contributed by atoms with E-state index >= 15 is 0 Å². The highest BCUT2D eigenvalue weighted by atomic mass is 32.2. The first-order valence-corrected chi connectivity index (χ1v) is 7.45. The van der Waals surface area contributed by atoms with Gasteiger partial charge in [-0.25, -0.2) is 4.68 Å². The van der Waals surface area contributed by atoms with E-state index in [4.69, 9.17) is 0 Å². The lowest BCUT2D eigenvalue weighted by Crippen LogP contribution is -2.09. The molecular formula is C11H21N5S. The van der Waals surface area contributed by atoms with E-state index in [-0.39, 0.29) is 0 Å². The summed E-state index contributed by atoms with van der Waals surface area (Å²) in [5, 5.41) is 16.2. The van der Waals surface area contributed by atoms with E-state index in [1.807, 2.05) is 11.7 Å². The zero-order valence-electron chi connectivity index (χ0n) is 10.4. The van der Waals surface area contributed by atoms with Gasteiger partial charge in [0, 0.05) is 5.75 Å². The van der Waals surface area contributed by atoms with Crippen LogP contribution in [0.3, 0.4) is 0 Å². The fourth-order valence-electron chi connectivity index (χ4n) is 2.23. The van der Waals surface area contributed by atoms with Gasteiger partial charge in [0.1, 0.15) is 0 Å². The molecule has 5 nitrogen and oxygen atoms in total. The largest absolute Gasteiger partial charge is 0.320 e. The Morgan fingerprint density at radius 2 is 2.18 bits per heavy atom. The summed E-state index contributed by atoms with van der Waals surface area (Å²) in [4.78, 5) is 0. The van der Waals surface area contributed by atoms with Gasteiger partial charge in [0.2, 0.25) is 5.16 Å². The molecule has 1 aromatic rings. The smallest absolute Gasteiger partial charge is 0.209 e. The van der Waals surface area contributed by atoms with Crippen LogP contribution in [-0.2, 0) is 0 Å². The summed E-state index contributed by atoms with van der Waals surface area (Å²) in [6.45, 7) is 1.09. The van der Waals surface area contributed by atoms with Crippen molar-refractivity contribution in [2.24, 2.45) is 0 Å². The fraction of sp³-hybridized carbons (Fsp3) is 0.909. The van der Waals surface area contributed by atoms with E-state index in [9.17, 15) is 0 Å². The van der Waals surface area contributed by atoms with Gasteiger partial charge in [0.15, 0.2) is 0 Å². The first-order valence-electron chi connectivity index (χ1n) is 6.47. The van der Waals surface area contributed by atoms with Gasteiger partial charge in [0.25, 0.3) is 0 Å². The standard InChI is InChI=1S/C11H21N5S/c1-12-8-4-5-9-17-11-13-14-15-16(11)10-6-2-3-7-10/h10,12H,2-9H2,1H3. The molecule has 2 rings (SSSR count). The summed E-state index contributed by atoms with van der Waals surface area (Å²) in [7, 11) is 1.99. The van der Waals surface area contributed by atoms with E-state index in [1.54, 1.807) is 11.8 Å². The van der Waals surface area contributed by atoms with Gasteiger partial charge >= 0.3 is 0 Å². The molecular weight excluding hydrogens is 234 g/mol. The van der Waals surface area contributed by atoms with E-state index in [0.717, 1.165) is 17.5 Å². The molecule has 0 atom stereocenters. The van der Waals surface area contributed by atoms with Crippen molar-refractivity contribution in [2.45, 2.75) is 49.7 Å². The zero-order chi connectivity index (χ0) is 11.9. The SMILES string of the molecule is CNCCCCSc1nnnn1C1CCCC1. The van der Waals surface area contributed by atoms with Gasteiger partial charge in [-0.05, 0) is 49.7 Å². The number of rotatable bonds is 7. The van der Waals surface area contributed by atoms with Crippen LogP contribution in [0.2, 0.25) is 0 Å². The molecule has 1 heterocycles. The molecule has 6 heteroatoms. The normalized spacial score (nSPS) is 16.8. The van der Waals surface area contributed by atoms with Crippen LogP contribution in [0.15, 0.2) is 5.16 Å². The molecule has 1 aliphatic carbocycles. The van der Waals surface area contributed by atoms with Gasteiger partial charge in [-0.1, -0.05) is 24.6 Å². The van der Waals surface area contributed by atoms with E-state index in [1.165, 1.54) is 38.5 Å². The lowest BCUT2D eigenvalue weighted by molar-refractivity contribution is 0.423. The Morgan fingerprint density at radius 1 is 1.35 bits per heavy atom. The van der Waals surface area contributed by atoms with Crippen LogP contribution in [0.5, 0.6) is 0 Å². The molecule has 1 aromatic heterocycles. The van der Waals surface area contributed by atoms with Crippen LogP contribution in [0, 0.1) is 0 Å². The predicted molar refractivity (Wildman–Crippen MR) is 69.2 cm³/mol. The summed E-state index contributed by atoms with van der Waals surface area (Å²) >= 11 is 1.79. The highest BCUT2D eigenvalue weighted by molar-refractivity contribution is 7.99. The average Bonchev–Trinajstić information content (AvgIpc) is 2.98. The minimum atomic E-state index is 0.546. The molecule has 0 spiro atoms. The summed E-state index contributed by atoms with van der Waals surface area (Å²) in [6, 6.07) is 0.546. The second-order valence-corrected chi connectivity index (χ2v) is 5.57. The topological polar surface area (TPSA) is 55.6 Å². The molecule has 1 N–H and O–H groups in total. The van der Waals surface area contributed by atoms with Crippen molar-refractivity contribution in [3.8, 4) is 0 Å². The fourth-order valence-corrected chi connectivity index (χ4v) is 3.17. The number of hydrogen-bond acceptors (Lipinski definition) is 5. The molecule has 0 radical (unpaired) electrons. The molecule has 1 aliphatic rings. The Hall–Kier alpha value is -0.620. The van der Waals surface area contributed by atoms with Crippen molar-refractivity contribution >= 4 is 11.8 Å². The predicted octanol–water partition coefficient (Wildman–Crippen LogP) is 1.88. The first-order chi connectivity index (χ1) is 8.42. The number of nitrogens with one attached hydrogen (secondary N) is 1. The Morgan fingerprint density at radius 3 is 2.94 bits per heavy atom. The lowest BCUT2D eigenvalue weighted by Gasteiger charge is -2.10. The summed E-state index contributed by atoms with van der Waals surface area (Å²) in [5.74, 6) is 1.11. The van der Waals surface area contributed by atoms with Gasteiger partial charge in [-0.2, -0.15) is 0 Å². The van der Waals surface area contributed by atoms with Crippen molar-refractivity contribution in [3.63, 3.8) is 0 Å². The maximum atomic E-state index is 4.14. The molecule has 0 unspecified atom stereocenters. The molecule has 0 aliphatic heterocycles. The Kier molecular flexibility index (Phi) is 5.25. The minimum Gasteiger partial charge on any atom is -0.320 e. The second-order valence-electron chi connectivity index (χ2n) is 4.50. The third kappa shape index (κ3) is 3.67. The number of hydrogen-bond donors (Lipinski definition) is 1. The first kappa shape index (κ1) is 12.8. The average molecular weight is 255 g/mol. The maximum Gasteiger partial charge on any atom is 0.209 e. The second kappa shape index (κ2) is 6.96. The van der Waals surface area contributed by atoms with Crippen LogP contribution >= 0.6 is 11.8 Å². The van der Waals surface area contributed by atoms with Crippen molar-refractivity contribution in [1.29, 1.82) is 0 Å². The summed E-state index contributed by atoms with van der Waals surface area (Å²) in [5.41, 5.74) is 0. The zero-order valence-corrected chi connectivity index (χ0v) is 11.2. The lowest BCUT2D eigenvalue weighted by atomic mass is 10.3. The van der Waals surface area contributed by atoms with Crippen LogP contribution in [0.25, 0.3) is 0 Å². The molecule has 0 bridgehead atoms. The van der Waals surface area contributed by atoms with E-state index in [0.29, 0.717) is 6.04 Å². The molecule has 1 fully saturated rings. The Bertz CT molecular complexity index is 321. The van der Waals surface area contributed by atoms with E-state index < -0.39 is 0 Å². The third-order valence-corrected chi connectivity index (χ3v) is 4.21. The minimum absolute atomic E-state index is 0.546. The monoisotopic (exact) mass is 255 g/mol. The molecule has 0 aromatic carbocycles. The van der Waals surface area contributed by atoms with Gasteiger partial charge < -0.3 is 5.32 Å². The summed E-state index contributed by atoms with van der Waals surface area (Å²) < 4.78 is 2.04. The number of thioether (sulfide) groups is 1. The molecule has 0 amide bonds. The van der Waals surface area contributed by atoms with Gasteiger partial charge in [-0.15, -0.1) is 5.10 Å². The third-order valence-electron chi connectivity index (χ3n) is 3.19. The summed E-state index contributed by atoms with van der Waals surface area (Å²) in [6.07, 6.45) is 7.53. The molecule has 1 saturated carbocycles. The number of tetrazole rings is 1. The highest BCUT2D eigenvalue weighted by Gasteiger charge is 2.21. The van der Waals surface area contributed by atoms with Gasteiger partial charge in [-0.3, -0.25) is 0 Å².